The van der Waals surface area contributed by atoms with Crippen molar-refractivity contribution in [1.82, 2.24) is 10.6 Å². The third-order valence-electron chi connectivity index (χ3n) is 4.59. The second-order valence-electron chi connectivity index (χ2n) is 6.73. The first-order valence-electron chi connectivity index (χ1n) is 9.30. The van der Waals surface area contributed by atoms with E-state index in [4.69, 9.17) is 4.74 Å². The lowest BCUT2D eigenvalue weighted by Crippen LogP contribution is -2.45. The number of carbonyl (C=O) groups excluding carboxylic acids is 2. The van der Waals surface area contributed by atoms with Gasteiger partial charge in [-0.2, -0.15) is 0 Å². The van der Waals surface area contributed by atoms with Crippen molar-refractivity contribution in [3.05, 3.63) is 83.9 Å². The number of benzene rings is 3. The molecule has 0 bridgehead atoms. The molecule has 144 valence electrons. The molecule has 0 fully saturated rings. The van der Waals surface area contributed by atoms with Gasteiger partial charge < -0.3 is 15.4 Å². The molecule has 0 saturated carbocycles. The molecule has 0 aliphatic carbocycles. The maximum Gasteiger partial charge on any atom is 0.408 e. The number of hydrogen-bond acceptors (Lipinski definition) is 3. The highest BCUT2D eigenvalue weighted by atomic mass is 16.5. The van der Waals surface area contributed by atoms with E-state index in [0.29, 0.717) is 0 Å². The highest BCUT2D eigenvalue weighted by Gasteiger charge is 2.19. The fourth-order valence-corrected chi connectivity index (χ4v) is 3.05. The van der Waals surface area contributed by atoms with Crippen LogP contribution in [0.15, 0.2) is 72.8 Å². The van der Waals surface area contributed by atoms with Crippen molar-refractivity contribution in [2.45, 2.75) is 32.5 Å². The van der Waals surface area contributed by atoms with Crippen molar-refractivity contribution >= 4 is 22.8 Å². The van der Waals surface area contributed by atoms with Gasteiger partial charge >= 0.3 is 6.09 Å². The predicted octanol–water partition coefficient (Wildman–Crippen LogP) is 4.33. The first-order chi connectivity index (χ1) is 13.5. The van der Waals surface area contributed by atoms with E-state index in [1.165, 1.54) is 0 Å². The summed E-state index contributed by atoms with van der Waals surface area (Å²) in [6.07, 6.45) is -0.621. The number of amides is 2. The smallest absolute Gasteiger partial charge is 0.408 e. The molecule has 28 heavy (non-hydrogen) atoms. The summed E-state index contributed by atoms with van der Waals surface area (Å²) in [5, 5.41) is 7.75. The molecule has 0 spiro atoms. The fourth-order valence-electron chi connectivity index (χ4n) is 3.05. The average molecular weight is 376 g/mol. The second kappa shape index (κ2) is 9.04. The molecule has 0 saturated heterocycles. The Kier molecular flexibility index (Phi) is 6.27. The predicted molar refractivity (Wildman–Crippen MR) is 110 cm³/mol. The first kappa shape index (κ1) is 19.4. The summed E-state index contributed by atoms with van der Waals surface area (Å²) < 4.78 is 5.17. The summed E-state index contributed by atoms with van der Waals surface area (Å²) >= 11 is 0. The van der Waals surface area contributed by atoms with Gasteiger partial charge in [0.05, 0.1) is 6.04 Å². The maximum atomic E-state index is 12.5. The zero-order valence-electron chi connectivity index (χ0n) is 16.0. The van der Waals surface area contributed by atoms with E-state index in [9.17, 15) is 9.59 Å². The first-order valence-corrected chi connectivity index (χ1v) is 9.30. The van der Waals surface area contributed by atoms with Gasteiger partial charge in [0.25, 0.3) is 0 Å². The van der Waals surface area contributed by atoms with Crippen molar-refractivity contribution in [1.29, 1.82) is 0 Å². The van der Waals surface area contributed by atoms with E-state index in [1.54, 1.807) is 6.92 Å². The molecule has 0 aromatic heterocycles. The van der Waals surface area contributed by atoms with E-state index in [-0.39, 0.29) is 18.6 Å². The molecule has 0 heterocycles. The summed E-state index contributed by atoms with van der Waals surface area (Å²) in [5.41, 5.74) is 1.92. The monoisotopic (exact) mass is 376 g/mol. The van der Waals surface area contributed by atoms with Gasteiger partial charge in [-0.05, 0) is 35.7 Å². The van der Waals surface area contributed by atoms with E-state index >= 15 is 0 Å². The number of hydrogen-bond donors (Lipinski definition) is 2. The van der Waals surface area contributed by atoms with Crippen LogP contribution in [-0.4, -0.2) is 18.0 Å². The summed E-state index contributed by atoms with van der Waals surface area (Å²) in [5.74, 6) is -0.267. The molecular formula is C23H24N2O3. The molecule has 2 atom stereocenters. The molecule has 3 aromatic rings. The standard InChI is InChI=1S/C23H24N2O3/c1-16(20-14-8-12-19-11-6-7-13-21(19)20)24-22(26)17(2)25-23(27)28-15-18-9-4-3-5-10-18/h3-14,16-17H,15H2,1-2H3,(H,24,26)(H,25,27). The van der Waals surface area contributed by atoms with Gasteiger partial charge in [0.15, 0.2) is 0 Å². The van der Waals surface area contributed by atoms with Crippen molar-refractivity contribution in [2.75, 3.05) is 0 Å². The Labute approximate surface area is 164 Å². The van der Waals surface area contributed by atoms with Gasteiger partial charge in [0, 0.05) is 0 Å². The van der Waals surface area contributed by atoms with Gasteiger partial charge in [0.1, 0.15) is 12.6 Å². The van der Waals surface area contributed by atoms with Crippen LogP contribution in [0, 0.1) is 0 Å². The zero-order valence-corrected chi connectivity index (χ0v) is 16.0. The lowest BCUT2D eigenvalue weighted by Gasteiger charge is -2.20. The zero-order chi connectivity index (χ0) is 19.9. The van der Waals surface area contributed by atoms with Crippen LogP contribution in [0.3, 0.4) is 0 Å². The fraction of sp³-hybridized carbons (Fsp3) is 0.217. The third kappa shape index (κ3) is 4.88. The molecule has 2 N–H and O–H groups in total. The average Bonchev–Trinajstić information content (AvgIpc) is 2.72. The van der Waals surface area contributed by atoms with E-state index in [1.807, 2.05) is 79.7 Å². The van der Waals surface area contributed by atoms with E-state index in [2.05, 4.69) is 10.6 Å². The van der Waals surface area contributed by atoms with Crippen molar-refractivity contribution in [3.63, 3.8) is 0 Å². The molecule has 2 amide bonds. The minimum absolute atomic E-state index is 0.160. The Morgan fingerprint density at radius 2 is 1.54 bits per heavy atom. The number of nitrogens with one attached hydrogen (secondary N) is 2. The Morgan fingerprint density at radius 3 is 2.32 bits per heavy atom. The number of alkyl carbamates (subject to hydrolysis) is 1. The van der Waals surface area contributed by atoms with Crippen LogP contribution in [0.25, 0.3) is 10.8 Å². The van der Waals surface area contributed by atoms with Gasteiger partial charge in [-0.3, -0.25) is 4.79 Å². The van der Waals surface area contributed by atoms with Gasteiger partial charge in [-0.25, -0.2) is 4.79 Å². The third-order valence-corrected chi connectivity index (χ3v) is 4.59. The lowest BCUT2D eigenvalue weighted by atomic mass is 9.99. The molecule has 2 unspecified atom stereocenters. The second-order valence-corrected chi connectivity index (χ2v) is 6.73. The highest BCUT2D eigenvalue weighted by molar-refractivity contribution is 5.88. The van der Waals surface area contributed by atoms with Crippen LogP contribution in [0.5, 0.6) is 0 Å². The molecule has 3 rings (SSSR count). The van der Waals surface area contributed by atoms with Crippen LogP contribution >= 0.6 is 0 Å². The van der Waals surface area contributed by atoms with Crippen molar-refractivity contribution in [3.8, 4) is 0 Å². The van der Waals surface area contributed by atoms with Crippen LogP contribution < -0.4 is 10.6 Å². The Hall–Kier alpha value is -3.34. The van der Waals surface area contributed by atoms with Crippen LogP contribution in [0.4, 0.5) is 4.79 Å². The SMILES string of the molecule is CC(NC(=O)OCc1ccccc1)C(=O)NC(C)c1cccc2ccccc12. The lowest BCUT2D eigenvalue weighted by molar-refractivity contribution is -0.123. The topological polar surface area (TPSA) is 67.4 Å². The molecule has 5 heteroatoms. The maximum absolute atomic E-state index is 12.5. The van der Waals surface area contributed by atoms with Crippen LogP contribution in [0.1, 0.15) is 31.0 Å². The molecule has 0 radical (unpaired) electrons. The summed E-state index contributed by atoms with van der Waals surface area (Å²) in [6, 6.07) is 22.6. The molecule has 5 nitrogen and oxygen atoms in total. The van der Waals surface area contributed by atoms with Gasteiger partial charge in [-0.1, -0.05) is 72.8 Å². The summed E-state index contributed by atoms with van der Waals surface area (Å²) in [4.78, 5) is 24.4. The number of carbonyl (C=O) groups is 2. The molecule has 3 aromatic carbocycles. The van der Waals surface area contributed by atoms with Gasteiger partial charge in [-0.15, -0.1) is 0 Å². The van der Waals surface area contributed by atoms with Crippen molar-refractivity contribution in [2.24, 2.45) is 0 Å². The minimum Gasteiger partial charge on any atom is -0.445 e. The molecule has 0 aliphatic heterocycles. The highest BCUT2D eigenvalue weighted by Crippen LogP contribution is 2.24. The quantitative estimate of drug-likeness (QED) is 0.673. The summed E-state index contributed by atoms with van der Waals surface area (Å²) in [7, 11) is 0. The number of rotatable bonds is 6. The van der Waals surface area contributed by atoms with Gasteiger partial charge in [0.2, 0.25) is 5.91 Å². The Bertz CT molecular complexity index is 951. The summed E-state index contributed by atoms with van der Waals surface area (Å²) in [6.45, 7) is 3.72. The largest absolute Gasteiger partial charge is 0.445 e. The molecule has 0 aliphatic rings. The number of fused-ring (bicyclic) bond motifs is 1. The number of ether oxygens (including phenoxy) is 1. The Morgan fingerprint density at radius 1 is 0.857 bits per heavy atom. The van der Waals surface area contributed by atoms with E-state index in [0.717, 1.165) is 21.9 Å². The van der Waals surface area contributed by atoms with E-state index < -0.39 is 12.1 Å². The Balaban J connectivity index is 1.55. The van der Waals surface area contributed by atoms with Crippen LogP contribution in [-0.2, 0) is 16.1 Å². The minimum atomic E-state index is -0.708. The van der Waals surface area contributed by atoms with Crippen LogP contribution in [0.2, 0.25) is 0 Å². The normalized spacial score (nSPS) is 12.8. The van der Waals surface area contributed by atoms with Crippen molar-refractivity contribution < 1.29 is 14.3 Å². The molecular weight excluding hydrogens is 352 g/mol.